The van der Waals surface area contributed by atoms with Crippen LogP contribution in [0.2, 0.25) is 0 Å². The molecule has 3 unspecified atom stereocenters. The number of para-hydroxylation sites is 1. The molecule has 5 rings (SSSR count). The molecule has 3 aliphatic heterocycles. The van der Waals surface area contributed by atoms with Crippen molar-refractivity contribution in [3.63, 3.8) is 0 Å². The first-order chi connectivity index (χ1) is 17.9. The lowest BCUT2D eigenvalue weighted by molar-refractivity contribution is -0.153. The number of carbonyl (C=O) groups excluding carboxylic acids is 3. The van der Waals surface area contributed by atoms with E-state index >= 15 is 0 Å². The van der Waals surface area contributed by atoms with Crippen molar-refractivity contribution < 1.29 is 24.2 Å². The van der Waals surface area contributed by atoms with Gasteiger partial charge in [-0.15, -0.1) is 23.4 Å². The van der Waals surface area contributed by atoms with Gasteiger partial charge in [0, 0.05) is 23.2 Å². The Morgan fingerprint density at radius 2 is 2.11 bits per heavy atom. The molecule has 1 N–H and O–H groups in total. The van der Waals surface area contributed by atoms with Crippen molar-refractivity contribution >= 4 is 56.5 Å². The van der Waals surface area contributed by atoms with Crippen molar-refractivity contribution in [1.29, 1.82) is 0 Å². The fourth-order valence-electron chi connectivity index (χ4n) is 5.99. The van der Waals surface area contributed by atoms with E-state index in [1.165, 1.54) is 22.7 Å². The standard InChI is InChI=1S/C25H28BrN5O5S/c1-3-9-29(14-31-17-8-6-5-7-16(17)27-28-31)23(34)21-25-13-15(26)20(37-25)18(24(35)36-12-4-2)19(25)22(33)30(21)10-11-32/h3-8,15,18-21,32H,1-2,9-14H2/t15?,18-,19+,20-,21?,25?/m1/s1. The van der Waals surface area contributed by atoms with Gasteiger partial charge in [-0.1, -0.05) is 52.0 Å². The van der Waals surface area contributed by atoms with Gasteiger partial charge in [-0.3, -0.25) is 14.4 Å². The van der Waals surface area contributed by atoms with Crippen LogP contribution in [0.5, 0.6) is 0 Å². The van der Waals surface area contributed by atoms with Crippen molar-refractivity contribution in [3.05, 3.63) is 49.6 Å². The van der Waals surface area contributed by atoms with Crippen LogP contribution in [0.25, 0.3) is 11.0 Å². The number of aliphatic hydroxyl groups is 1. The number of halogens is 1. The molecule has 12 heteroatoms. The fourth-order valence-corrected chi connectivity index (χ4v) is 9.59. The zero-order valence-corrected chi connectivity index (χ0v) is 22.5. The number of benzene rings is 1. The maximum atomic E-state index is 14.3. The summed E-state index contributed by atoms with van der Waals surface area (Å²) < 4.78 is 6.19. The molecule has 3 saturated heterocycles. The summed E-state index contributed by atoms with van der Waals surface area (Å²) in [5.41, 5.74) is 1.48. The Morgan fingerprint density at radius 1 is 1.32 bits per heavy atom. The fraction of sp³-hybridized carbons (Fsp3) is 0.480. The van der Waals surface area contributed by atoms with Gasteiger partial charge < -0.3 is 19.6 Å². The summed E-state index contributed by atoms with van der Waals surface area (Å²) in [6, 6.07) is 6.60. The van der Waals surface area contributed by atoms with Crippen LogP contribution >= 0.6 is 27.7 Å². The number of alkyl halides is 1. The molecule has 196 valence electrons. The number of rotatable bonds is 10. The molecule has 1 aromatic carbocycles. The molecule has 6 atom stereocenters. The van der Waals surface area contributed by atoms with Crippen LogP contribution < -0.4 is 0 Å². The number of amides is 2. The quantitative estimate of drug-likeness (QED) is 0.252. The highest BCUT2D eigenvalue weighted by Gasteiger charge is 2.76. The minimum absolute atomic E-state index is 0.00567. The summed E-state index contributed by atoms with van der Waals surface area (Å²) in [5, 5.41) is 18.0. The number of β-amino-alcohol motifs (C(OH)–C–C–N with tert-alkyl or cyclic N) is 1. The maximum Gasteiger partial charge on any atom is 0.311 e. The molecule has 0 radical (unpaired) electrons. The van der Waals surface area contributed by atoms with E-state index in [0.29, 0.717) is 11.9 Å². The average Bonchev–Trinajstić information content (AvgIpc) is 3.60. The zero-order chi connectivity index (χ0) is 26.3. The topological polar surface area (TPSA) is 118 Å². The normalized spacial score (nSPS) is 29.9. The van der Waals surface area contributed by atoms with Gasteiger partial charge in [-0.25, -0.2) is 4.68 Å². The third-order valence-corrected chi connectivity index (χ3v) is 10.6. The molecule has 2 bridgehead atoms. The molecule has 1 aromatic heterocycles. The number of nitrogens with zero attached hydrogens (tertiary/aromatic N) is 5. The number of esters is 1. The summed E-state index contributed by atoms with van der Waals surface area (Å²) in [6.45, 7) is 7.49. The maximum absolute atomic E-state index is 14.3. The van der Waals surface area contributed by atoms with Crippen molar-refractivity contribution in [2.24, 2.45) is 11.8 Å². The van der Waals surface area contributed by atoms with Gasteiger partial charge in [0.1, 0.15) is 24.8 Å². The molecule has 37 heavy (non-hydrogen) atoms. The zero-order valence-electron chi connectivity index (χ0n) is 20.1. The highest BCUT2D eigenvalue weighted by Crippen LogP contribution is 2.68. The lowest BCUT2D eigenvalue weighted by atomic mass is 9.71. The third-order valence-electron chi connectivity index (χ3n) is 7.37. The number of aliphatic hydroxyl groups excluding tert-OH is 1. The average molecular weight is 591 g/mol. The number of thioether (sulfide) groups is 1. The van der Waals surface area contributed by atoms with Gasteiger partial charge in [-0.2, -0.15) is 0 Å². The Hall–Kier alpha value is -2.70. The van der Waals surface area contributed by atoms with E-state index in [0.717, 1.165) is 5.52 Å². The molecule has 2 aromatic rings. The number of hydrogen-bond acceptors (Lipinski definition) is 8. The van der Waals surface area contributed by atoms with Gasteiger partial charge in [0.25, 0.3) is 0 Å². The summed E-state index contributed by atoms with van der Waals surface area (Å²) in [5.74, 6) is -2.45. The number of carbonyl (C=O) groups is 3. The van der Waals surface area contributed by atoms with Crippen LogP contribution in [0.15, 0.2) is 49.6 Å². The van der Waals surface area contributed by atoms with E-state index in [2.05, 4.69) is 39.4 Å². The monoisotopic (exact) mass is 589 g/mol. The minimum Gasteiger partial charge on any atom is -0.461 e. The predicted octanol–water partition coefficient (Wildman–Crippen LogP) is 1.59. The second-order valence-corrected chi connectivity index (χ2v) is 12.1. The Labute approximate surface area is 226 Å². The summed E-state index contributed by atoms with van der Waals surface area (Å²) >= 11 is 5.23. The first-order valence-electron chi connectivity index (χ1n) is 12.1. The van der Waals surface area contributed by atoms with Crippen molar-refractivity contribution in [1.82, 2.24) is 24.8 Å². The largest absolute Gasteiger partial charge is 0.461 e. The summed E-state index contributed by atoms with van der Waals surface area (Å²) in [7, 11) is 0. The van der Waals surface area contributed by atoms with Crippen LogP contribution in [0.4, 0.5) is 0 Å². The molecule has 3 aliphatic rings. The first kappa shape index (κ1) is 25.9. The van der Waals surface area contributed by atoms with E-state index in [1.54, 1.807) is 15.7 Å². The van der Waals surface area contributed by atoms with E-state index in [-0.39, 0.29) is 54.9 Å². The summed E-state index contributed by atoms with van der Waals surface area (Å²) in [6.07, 6.45) is 3.65. The minimum atomic E-state index is -0.862. The Kier molecular flexibility index (Phi) is 7.16. The second kappa shape index (κ2) is 10.2. The van der Waals surface area contributed by atoms with E-state index in [9.17, 15) is 19.5 Å². The lowest BCUT2D eigenvalue weighted by Gasteiger charge is -2.37. The van der Waals surface area contributed by atoms with Crippen molar-refractivity contribution in [2.75, 3.05) is 26.3 Å². The molecule has 10 nitrogen and oxygen atoms in total. The highest BCUT2D eigenvalue weighted by atomic mass is 79.9. The van der Waals surface area contributed by atoms with Crippen molar-refractivity contribution in [2.45, 2.75) is 34.0 Å². The van der Waals surface area contributed by atoms with Crippen LogP contribution in [-0.4, -0.2) is 94.9 Å². The number of ether oxygens (including phenoxy) is 1. The Bertz CT molecular complexity index is 1260. The molecule has 0 saturated carbocycles. The van der Waals surface area contributed by atoms with Crippen LogP contribution in [0.1, 0.15) is 6.42 Å². The molecule has 2 amide bonds. The smallest absolute Gasteiger partial charge is 0.311 e. The highest BCUT2D eigenvalue weighted by molar-refractivity contribution is 9.09. The van der Waals surface area contributed by atoms with E-state index in [4.69, 9.17) is 4.74 Å². The summed E-state index contributed by atoms with van der Waals surface area (Å²) in [4.78, 5) is 44.1. The Balaban J connectivity index is 1.51. The predicted molar refractivity (Wildman–Crippen MR) is 142 cm³/mol. The van der Waals surface area contributed by atoms with Crippen molar-refractivity contribution in [3.8, 4) is 0 Å². The molecule has 4 heterocycles. The first-order valence-corrected chi connectivity index (χ1v) is 13.9. The SMILES string of the molecule is C=CCOC(=O)[C@H]1[C@@H]2SC3(CC2Br)C(C(=O)N(CC=C)Cn2nnc4ccccc42)N(CCO)C(=O)[C@H]13. The van der Waals surface area contributed by atoms with Gasteiger partial charge in [0.05, 0.1) is 28.7 Å². The number of aromatic nitrogens is 3. The molecular weight excluding hydrogens is 562 g/mol. The van der Waals surface area contributed by atoms with E-state index in [1.807, 2.05) is 24.3 Å². The van der Waals surface area contributed by atoms with Crippen LogP contribution in [0.3, 0.4) is 0 Å². The number of hydrogen-bond donors (Lipinski definition) is 1. The lowest BCUT2D eigenvalue weighted by Crippen LogP contribution is -2.56. The van der Waals surface area contributed by atoms with Gasteiger partial charge >= 0.3 is 5.97 Å². The van der Waals surface area contributed by atoms with Crippen LogP contribution in [0, 0.1) is 11.8 Å². The van der Waals surface area contributed by atoms with Crippen LogP contribution in [-0.2, 0) is 25.8 Å². The molecule has 0 aliphatic carbocycles. The number of fused-ring (bicyclic) bond motifs is 2. The molecule has 3 fully saturated rings. The van der Waals surface area contributed by atoms with Gasteiger partial charge in [-0.05, 0) is 18.6 Å². The third kappa shape index (κ3) is 4.09. The van der Waals surface area contributed by atoms with Gasteiger partial charge in [0.2, 0.25) is 11.8 Å². The number of likely N-dealkylation sites (tertiary alicyclic amines) is 1. The van der Waals surface area contributed by atoms with E-state index < -0.39 is 28.6 Å². The molecular formula is C25H28BrN5O5S. The second-order valence-electron chi connectivity index (χ2n) is 9.41. The van der Waals surface area contributed by atoms with Gasteiger partial charge in [0.15, 0.2) is 0 Å². The Morgan fingerprint density at radius 3 is 2.84 bits per heavy atom. The molecule has 1 spiro atoms.